The summed E-state index contributed by atoms with van der Waals surface area (Å²) in [5.74, 6) is 0.0158. The fourth-order valence-electron chi connectivity index (χ4n) is 4.43. The first-order valence-corrected chi connectivity index (χ1v) is 11.8. The van der Waals surface area contributed by atoms with Gasteiger partial charge in [0.1, 0.15) is 12.4 Å². The van der Waals surface area contributed by atoms with E-state index >= 15 is 0 Å². The van der Waals surface area contributed by atoms with E-state index in [-0.39, 0.29) is 29.5 Å². The molecule has 0 aliphatic carbocycles. The standard InChI is InChI=1S/C25H26N8O4/c1-29-22-21(24(36)30(2)25(29)37)33(16-27-22)15-20(34)28-19-9-8-18(14-26-19)31-10-12-32(13-11-31)23(35)17-6-4-3-5-7-17/h3-9,14,16H,10-13,15H2,1-2H3,(H,26,28,34). The molecular weight excluding hydrogens is 476 g/mol. The molecule has 1 fully saturated rings. The lowest BCUT2D eigenvalue weighted by Crippen LogP contribution is -2.48. The van der Waals surface area contributed by atoms with Gasteiger partial charge in [0.2, 0.25) is 5.91 Å². The number of carbonyl (C=O) groups excluding carboxylic acids is 2. The van der Waals surface area contributed by atoms with Crippen LogP contribution in [-0.2, 0) is 25.4 Å². The second-order valence-corrected chi connectivity index (χ2v) is 8.85. The number of aryl methyl sites for hydroxylation is 1. The topological polar surface area (TPSA) is 127 Å². The predicted molar refractivity (Wildman–Crippen MR) is 138 cm³/mol. The molecule has 37 heavy (non-hydrogen) atoms. The van der Waals surface area contributed by atoms with Crippen molar-refractivity contribution < 1.29 is 9.59 Å². The number of fused-ring (bicyclic) bond motifs is 1. The average Bonchev–Trinajstić information content (AvgIpc) is 3.34. The molecule has 0 radical (unpaired) electrons. The molecule has 1 aromatic carbocycles. The van der Waals surface area contributed by atoms with E-state index in [1.165, 1.54) is 29.6 Å². The molecule has 0 spiro atoms. The van der Waals surface area contributed by atoms with Gasteiger partial charge in [0.15, 0.2) is 11.2 Å². The molecule has 12 heteroatoms. The van der Waals surface area contributed by atoms with Crippen molar-refractivity contribution in [1.29, 1.82) is 0 Å². The van der Waals surface area contributed by atoms with Crippen molar-refractivity contribution in [3.63, 3.8) is 0 Å². The number of pyridine rings is 1. The number of nitrogens with one attached hydrogen (secondary N) is 1. The maximum absolute atomic E-state index is 12.7. The number of benzene rings is 1. The van der Waals surface area contributed by atoms with Crippen molar-refractivity contribution in [1.82, 2.24) is 28.6 Å². The van der Waals surface area contributed by atoms with E-state index in [0.29, 0.717) is 37.6 Å². The summed E-state index contributed by atoms with van der Waals surface area (Å²) >= 11 is 0. The van der Waals surface area contributed by atoms with E-state index in [4.69, 9.17) is 0 Å². The molecule has 0 bridgehead atoms. The third-order valence-electron chi connectivity index (χ3n) is 6.50. The molecule has 1 saturated heterocycles. The number of amides is 2. The molecule has 2 amide bonds. The maximum Gasteiger partial charge on any atom is 0.332 e. The number of anilines is 2. The molecule has 0 atom stereocenters. The van der Waals surface area contributed by atoms with Crippen molar-refractivity contribution in [3.05, 3.63) is 81.4 Å². The van der Waals surface area contributed by atoms with Gasteiger partial charge in [-0.2, -0.15) is 0 Å². The maximum atomic E-state index is 12.7. The Bertz CT molecular complexity index is 1580. The molecule has 190 valence electrons. The Morgan fingerprint density at radius 3 is 2.32 bits per heavy atom. The van der Waals surface area contributed by atoms with Crippen molar-refractivity contribution >= 4 is 34.5 Å². The summed E-state index contributed by atoms with van der Waals surface area (Å²) in [6, 6.07) is 12.8. The first-order chi connectivity index (χ1) is 17.8. The molecule has 4 aromatic rings. The zero-order valence-electron chi connectivity index (χ0n) is 20.5. The molecule has 12 nitrogen and oxygen atoms in total. The summed E-state index contributed by atoms with van der Waals surface area (Å²) in [7, 11) is 2.90. The van der Waals surface area contributed by atoms with Gasteiger partial charge in [-0.1, -0.05) is 18.2 Å². The van der Waals surface area contributed by atoms with Gasteiger partial charge < -0.3 is 19.7 Å². The Labute approximate surface area is 211 Å². The Morgan fingerprint density at radius 2 is 1.65 bits per heavy atom. The van der Waals surface area contributed by atoms with Crippen LogP contribution in [0.15, 0.2) is 64.6 Å². The van der Waals surface area contributed by atoms with Gasteiger partial charge >= 0.3 is 5.69 Å². The number of hydrogen-bond donors (Lipinski definition) is 1. The van der Waals surface area contributed by atoms with Crippen molar-refractivity contribution in [2.45, 2.75) is 6.54 Å². The van der Waals surface area contributed by atoms with Crippen LogP contribution >= 0.6 is 0 Å². The van der Waals surface area contributed by atoms with Gasteiger partial charge in [0.05, 0.1) is 18.2 Å². The molecule has 4 heterocycles. The number of rotatable bonds is 5. The molecule has 0 unspecified atom stereocenters. The highest BCUT2D eigenvalue weighted by atomic mass is 16.2. The van der Waals surface area contributed by atoms with Gasteiger partial charge in [-0.05, 0) is 24.3 Å². The van der Waals surface area contributed by atoms with Crippen molar-refractivity contribution in [3.8, 4) is 0 Å². The average molecular weight is 503 g/mol. The Balaban J connectivity index is 1.20. The SMILES string of the molecule is Cn1c(=O)c2c(ncn2CC(=O)Nc2ccc(N3CCN(C(=O)c4ccccc4)CC3)cn2)n(C)c1=O. The number of carbonyl (C=O) groups is 2. The van der Waals surface area contributed by atoms with Gasteiger partial charge in [0.25, 0.3) is 11.5 Å². The van der Waals surface area contributed by atoms with E-state index in [1.807, 2.05) is 41.3 Å². The minimum atomic E-state index is -0.517. The highest BCUT2D eigenvalue weighted by Crippen LogP contribution is 2.18. The van der Waals surface area contributed by atoms with Crippen LogP contribution in [0, 0.1) is 0 Å². The lowest BCUT2D eigenvalue weighted by atomic mass is 10.2. The third kappa shape index (κ3) is 4.60. The molecular formula is C25H26N8O4. The Morgan fingerprint density at radius 1 is 0.919 bits per heavy atom. The molecule has 1 aliphatic rings. The van der Waals surface area contributed by atoms with Crippen LogP contribution in [0.1, 0.15) is 10.4 Å². The molecule has 0 saturated carbocycles. The summed E-state index contributed by atoms with van der Waals surface area (Å²) in [4.78, 5) is 62.4. The zero-order chi connectivity index (χ0) is 26.1. The van der Waals surface area contributed by atoms with E-state index in [9.17, 15) is 19.2 Å². The minimum absolute atomic E-state index is 0.0298. The van der Waals surface area contributed by atoms with Crippen LogP contribution in [-0.4, -0.2) is 66.6 Å². The zero-order valence-corrected chi connectivity index (χ0v) is 20.5. The number of aromatic nitrogens is 5. The molecule has 1 aliphatic heterocycles. The summed E-state index contributed by atoms with van der Waals surface area (Å²) in [5.41, 5.74) is 0.972. The van der Waals surface area contributed by atoms with Crippen molar-refractivity contribution in [2.75, 3.05) is 36.4 Å². The fourth-order valence-corrected chi connectivity index (χ4v) is 4.43. The lowest BCUT2D eigenvalue weighted by Gasteiger charge is -2.36. The number of imidazole rings is 1. The molecule has 1 N–H and O–H groups in total. The molecule has 5 rings (SSSR count). The van der Waals surface area contributed by atoms with Crippen LogP contribution in [0.2, 0.25) is 0 Å². The second kappa shape index (κ2) is 9.72. The van der Waals surface area contributed by atoms with Crippen LogP contribution in [0.3, 0.4) is 0 Å². The predicted octanol–water partition coefficient (Wildman–Crippen LogP) is 0.430. The van der Waals surface area contributed by atoms with Gasteiger partial charge in [-0.3, -0.25) is 23.5 Å². The third-order valence-corrected chi connectivity index (χ3v) is 6.50. The smallest absolute Gasteiger partial charge is 0.332 e. The minimum Gasteiger partial charge on any atom is -0.367 e. The van der Waals surface area contributed by atoms with E-state index in [0.717, 1.165) is 10.3 Å². The monoisotopic (exact) mass is 502 g/mol. The summed E-state index contributed by atoms with van der Waals surface area (Å²) in [6.45, 7) is 2.41. The van der Waals surface area contributed by atoms with E-state index in [1.54, 1.807) is 12.3 Å². The van der Waals surface area contributed by atoms with Gasteiger partial charge in [-0.25, -0.2) is 14.8 Å². The first kappa shape index (κ1) is 24.0. The first-order valence-electron chi connectivity index (χ1n) is 11.8. The summed E-state index contributed by atoms with van der Waals surface area (Å²) in [5, 5.41) is 2.73. The number of piperazine rings is 1. The fraction of sp³-hybridized carbons (Fsp3) is 0.280. The van der Waals surface area contributed by atoms with E-state index in [2.05, 4.69) is 20.2 Å². The van der Waals surface area contributed by atoms with Crippen LogP contribution in [0.25, 0.3) is 11.2 Å². The van der Waals surface area contributed by atoms with Crippen LogP contribution in [0.5, 0.6) is 0 Å². The quantitative estimate of drug-likeness (QED) is 0.419. The van der Waals surface area contributed by atoms with Gasteiger partial charge in [0, 0.05) is 45.8 Å². The van der Waals surface area contributed by atoms with Crippen LogP contribution in [0.4, 0.5) is 11.5 Å². The summed E-state index contributed by atoms with van der Waals surface area (Å²) in [6.07, 6.45) is 3.05. The highest BCUT2D eigenvalue weighted by Gasteiger charge is 2.22. The molecule has 3 aromatic heterocycles. The Hall–Kier alpha value is -4.74. The van der Waals surface area contributed by atoms with Crippen LogP contribution < -0.4 is 21.5 Å². The highest BCUT2D eigenvalue weighted by molar-refractivity contribution is 5.94. The van der Waals surface area contributed by atoms with Gasteiger partial charge in [-0.15, -0.1) is 0 Å². The lowest BCUT2D eigenvalue weighted by molar-refractivity contribution is -0.116. The number of nitrogens with zero attached hydrogens (tertiary/aromatic N) is 7. The van der Waals surface area contributed by atoms with E-state index < -0.39 is 11.2 Å². The largest absolute Gasteiger partial charge is 0.367 e. The Kier molecular flexibility index (Phi) is 6.30. The second-order valence-electron chi connectivity index (χ2n) is 8.85. The normalized spacial score (nSPS) is 13.7. The number of hydrogen-bond acceptors (Lipinski definition) is 7. The summed E-state index contributed by atoms with van der Waals surface area (Å²) < 4.78 is 3.66. The van der Waals surface area contributed by atoms with Crippen molar-refractivity contribution in [2.24, 2.45) is 14.1 Å².